The summed E-state index contributed by atoms with van der Waals surface area (Å²) in [7, 11) is 0. The maximum Gasteiger partial charge on any atom is 0.335 e. The minimum Gasteiger partial charge on any atom is -0.490 e. The molecule has 13 heteroatoms. The Morgan fingerprint density at radius 3 is 2.72 bits per heavy atom. The highest BCUT2D eigenvalue weighted by atomic mass is 35.5. The van der Waals surface area contributed by atoms with Crippen LogP contribution in [0.4, 0.5) is 8.78 Å². The van der Waals surface area contributed by atoms with Gasteiger partial charge in [-0.2, -0.15) is 5.10 Å². The first-order valence-electron chi connectivity index (χ1n) is 13.1. The number of hydrogen-bond acceptors (Lipinski definition) is 7. The number of alkyl halides is 1. The zero-order chi connectivity index (χ0) is 30.7. The van der Waals surface area contributed by atoms with E-state index in [1.807, 2.05) is 6.92 Å². The number of rotatable bonds is 9. The number of aromatic nitrogens is 2. The van der Waals surface area contributed by atoms with Gasteiger partial charge < -0.3 is 19.3 Å². The number of nitrogens with one attached hydrogen (secondary N) is 1. The van der Waals surface area contributed by atoms with Crippen molar-refractivity contribution in [3.8, 4) is 22.6 Å². The predicted molar refractivity (Wildman–Crippen MR) is 154 cm³/mol. The molecule has 5 rings (SSSR count). The summed E-state index contributed by atoms with van der Waals surface area (Å²) in [5.41, 5.74) is 1.97. The van der Waals surface area contributed by atoms with E-state index in [4.69, 9.17) is 42.5 Å². The van der Waals surface area contributed by atoms with Crippen LogP contribution in [0.2, 0.25) is 10.0 Å². The molecule has 1 aliphatic heterocycles. The lowest BCUT2D eigenvalue weighted by Gasteiger charge is -2.18. The quantitative estimate of drug-likeness (QED) is 0.132. The maximum absolute atomic E-state index is 14.7. The fourth-order valence-electron chi connectivity index (χ4n) is 4.59. The van der Waals surface area contributed by atoms with E-state index in [1.165, 1.54) is 16.9 Å². The molecular weight excluding hydrogens is 607 g/mol. The fraction of sp³-hybridized carbons (Fsp3) is 0.233. The Labute approximate surface area is 254 Å². The van der Waals surface area contributed by atoms with E-state index in [0.717, 1.165) is 11.6 Å². The van der Waals surface area contributed by atoms with Crippen molar-refractivity contribution >= 4 is 35.1 Å². The van der Waals surface area contributed by atoms with Gasteiger partial charge in [-0.15, -0.1) is 0 Å². The number of nitrogens with zero attached hydrogens (tertiary/aromatic N) is 2. The summed E-state index contributed by atoms with van der Waals surface area (Å²) < 4.78 is 47.6. The molecule has 43 heavy (non-hydrogen) atoms. The van der Waals surface area contributed by atoms with Crippen molar-refractivity contribution in [1.29, 1.82) is 0 Å². The standard InChI is InChI=1S/C30H25Cl2F2N3O6/c1-16-22(31)6-3-7-25(16)41-8-9-42-30(40)27-20-5-2-4-19(28(20)43-15-26(34)36-27)18-12-35-37(13-18)14-21-23(32)10-17(29(38)39)11-24(21)33/h2-7,10-13,26-27,36H,8-9,14-15H2,1H3,(H,38,39). The smallest absolute Gasteiger partial charge is 0.335 e. The van der Waals surface area contributed by atoms with E-state index < -0.39 is 30.1 Å². The molecule has 224 valence electrons. The first kappa shape index (κ1) is 30.3. The molecule has 2 heterocycles. The van der Waals surface area contributed by atoms with Crippen molar-refractivity contribution in [2.75, 3.05) is 19.8 Å². The van der Waals surface area contributed by atoms with Crippen LogP contribution in [0.1, 0.15) is 33.1 Å². The largest absolute Gasteiger partial charge is 0.490 e. The molecule has 0 aliphatic carbocycles. The molecule has 0 saturated carbocycles. The number of carbonyl (C=O) groups excluding carboxylic acids is 1. The molecule has 3 aromatic carbocycles. The molecule has 2 unspecified atom stereocenters. The summed E-state index contributed by atoms with van der Waals surface area (Å²) in [6.07, 6.45) is 1.45. The maximum atomic E-state index is 14.7. The van der Waals surface area contributed by atoms with Gasteiger partial charge in [0.25, 0.3) is 0 Å². The highest BCUT2D eigenvalue weighted by molar-refractivity contribution is 6.32. The van der Waals surface area contributed by atoms with E-state index in [2.05, 4.69) is 10.4 Å². The van der Waals surface area contributed by atoms with Gasteiger partial charge in [0.05, 0.1) is 18.3 Å². The highest BCUT2D eigenvalue weighted by Gasteiger charge is 2.33. The van der Waals surface area contributed by atoms with E-state index in [0.29, 0.717) is 27.5 Å². The van der Waals surface area contributed by atoms with Crippen molar-refractivity contribution in [2.45, 2.75) is 25.8 Å². The molecule has 0 radical (unpaired) electrons. The van der Waals surface area contributed by atoms with Crippen molar-refractivity contribution in [3.05, 3.63) is 99.0 Å². The van der Waals surface area contributed by atoms with Crippen LogP contribution < -0.4 is 14.8 Å². The molecule has 0 bridgehead atoms. The van der Waals surface area contributed by atoms with Gasteiger partial charge in [0.15, 0.2) is 6.30 Å². The number of carboxylic acid groups (broad SMARTS) is 1. The van der Waals surface area contributed by atoms with E-state index in [-0.39, 0.29) is 48.3 Å². The molecule has 4 aromatic rings. The normalized spacial score (nSPS) is 16.1. The lowest BCUT2D eigenvalue weighted by molar-refractivity contribution is -0.147. The zero-order valence-electron chi connectivity index (χ0n) is 22.7. The molecule has 0 spiro atoms. The van der Waals surface area contributed by atoms with Crippen LogP contribution in [0.5, 0.6) is 11.5 Å². The molecule has 0 amide bonds. The molecule has 1 aliphatic rings. The van der Waals surface area contributed by atoms with Gasteiger partial charge in [-0.25, -0.2) is 18.4 Å². The minimum absolute atomic E-state index is 0.0547. The van der Waals surface area contributed by atoms with E-state index in [9.17, 15) is 18.4 Å². The third kappa shape index (κ3) is 6.74. The Hall–Kier alpha value is -4.19. The Balaban J connectivity index is 1.33. The topological polar surface area (TPSA) is 112 Å². The number of hydrogen-bond donors (Lipinski definition) is 2. The second kappa shape index (κ2) is 13.0. The number of halogens is 4. The number of fused-ring (bicyclic) bond motifs is 1. The SMILES string of the molecule is Cc1c(Cl)cccc1OCCOC(=O)C1NC(F)COc2c(-c3cnn(Cc4c(F)cc(C(=O)O)cc4Cl)c3)cccc21. The third-order valence-corrected chi connectivity index (χ3v) is 7.52. The van der Waals surface area contributed by atoms with Crippen LogP contribution >= 0.6 is 23.2 Å². The van der Waals surface area contributed by atoms with Crippen LogP contribution in [0.25, 0.3) is 11.1 Å². The Morgan fingerprint density at radius 2 is 1.95 bits per heavy atom. The van der Waals surface area contributed by atoms with Crippen LogP contribution in [0.15, 0.2) is 60.9 Å². The second-order valence-electron chi connectivity index (χ2n) is 9.63. The summed E-state index contributed by atoms with van der Waals surface area (Å²) in [6, 6.07) is 11.2. The van der Waals surface area contributed by atoms with Crippen LogP contribution in [0, 0.1) is 12.7 Å². The number of benzene rings is 3. The average molecular weight is 632 g/mol. The predicted octanol–water partition coefficient (Wildman–Crippen LogP) is 5.99. The van der Waals surface area contributed by atoms with Gasteiger partial charge >= 0.3 is 11.9 Å². The van der Waals surface area contributed by atoms with Gasteiger partial charge in [0.1, 0.15) is 43.2 Å². The van der Waals surface area contributed by atoms with Gasteiger partial charge in [0, 0.05) is 44.1 Å². The molecule has 0 fully saturated rings. The van der Waals surface area contributed by atoms with E-state index >= 15 is 0 Å². The number of carboxylic acids is 1. The van der Waals surface area contributed by atoms with Gasteiger partial charge in [-0.1, -0.05) is 47.5 Å². The fourth-order valence-corrected chi connectivity index (χ4v) is 5.02. The molecule has 9 nitrogen and oxygen atoms in total. The number of esters is 1. The summed E-state index contributed by atoms with van der Waals surface area (Å²) in [5.74, 6) is -1.98. The van der Waals surface area contributed by atoms with Crippen molar-refractivity contribution in [3.63, 3.8) is 0 Å². The Kier molecular flexibility index (Phi) is 9.14. The molecule has 1 aromatic heterocycles. The molecule has 0 saturated heterocycles. The minimum atomic E-state index is -1.66. The van der Waals surface area contributed by atoms with Crippen LogP contribution in [0.3, 0.4) is 0 Å². The first-order valence-corrected chi connectivity index (χ1v) is 13.8. The Bertz CT molecular complexity index is 1660. The summed E-state index contributed by atoms with van der Waals surface area (Å²) in [6.45, 7) is 1.33. The molecule has 2 N–H and O–H groups in total. The lowest BCUT2D eigenvalue weighted by Crippen LogP contribution is -2.36. The van der Waals surface area contributed by atoms with Gasteiger partial charge in [-0.05, 0) is 31.2 Å². The molecular formula is C30H25Cl2F2N3O6. The monoisotopic (exact) mass is 631 g/mol. The zero-order valence-corrected chi connectivity index (χ0v) is 24.2. The summed E-state index contributed by atoms with van der Waals surface area (Å²) in [4.78, 5) is 24.3. The number of aromatic carboxylic acids is 1. The van der Waals surface area contributed by atoms with Crippen molar-refractivity contribution in [1.82, 2.24) is 15.1 Å². The van der Waals surface area contributed by atoms with Gasteiger partial charge in [-0.3, -0.25) is 10.00 Å². The van der Waals surface area contributed by atoms with Crippen molar-refractivity contribution in [2.24, 2.45) is 0 Å². The number of para-hydroxylation sites is 1. The summed E-state index contributed by atoms with van der Waals surface area (Å²) >= 11 is 12.3. The second-order valence-corrected chi connectivity index (χ2v) is 10.4. The third-order valence-electron chi connectivity index (χ3n) is 6.77. The molecule has 2 atom stereocenters. The average Bonchev–Trinajstić information content (AvgIpc) is 3.37. The van der Waals surface area contributed by atoms with Crippen LogP contribution in [-0.2, 0) is 16.1 Å². The number of ether oxygens (including phenoxy) is 3. The first-order chi connectivity index (χ1) is 20.6. The summed E-state index contributed by atoms with van der Waals surface area (Å²) in [5, 5.41) is 16.5. The van der Waals surface area contributed by atoms with E-state index in [1.54, 1.807) is 42.6 Å². The Morgan fingerprint density at radius 1 is 1.16 bits per heavy atom. The van der Waals surface area contributed by atoms with Crippen molar-refractivity contribution < 1.29 is 37.7 Å². The van der Waals surface area contributed by atoms with Crippen LogP contribution in [-0.4, -0.2) is 52.9 Å². The lowest BCUT2D eigenvalue weighted by atomic mass is 9.99. The number of carbonyl (C=O) groups is 2. The highest BCUT2D eigenvalue weighted by Crippen LogP contribution is 2.38. The van der Waals surface area contributed by atoms with Gasteiger partial charge in [0.2, 0.25) is 0 Å².